The predicted octanol–water partition coefficient (Wildman–Crippen LogP) is 8.60. The molecule has 0 bridgehead atoms. The molecular weight excluding hydrogens is 598 g/mol. The average molecular weight is 628 g/mol. The van der Waals surface area contributed by atoms with Gasteiger partial charge in [-0.05, 0) is 105 Å². The van der Waals surface area contributed by atoms with Gasteiger partial charge in [-0.25, -0.2) is 0 Å². The van der Waals surface area contributed by atoms with Crippen LogP contribution in [-0.4, -0.2) is 27.6 Å². The molecule has 0 saturated carbocycles. The number of aromatic nitrogens is 1. The second-order valence-electron chi connectivity index (χ2n) is 11.3. The van der Waals surface area contributed by atoms with Gasteiger partial charge >= 0.3 is 0 Å². The van der Waals surface area contributed by atoms with Gasteiger partial charge < -0.3 is 15.1 Å². The van der Waals surface area contributed by atoms with E-state index in [1.807, 2.05) is 42.5 Å². The molecule has 2 aliphatic heterocycles. The molecule has 0 spiro atoms. The summed E-state index contributed by atoms with van der Waals surface area (Å²) >= 11 is 14.6. The molecule has 7 nitrogen and oxygen atoms in total. The van der Waals surface area contributed by atoms with Crippen LogP contribution in [0.4, 0.5) is 17.1 Å². The summed E-state index contributed by atoms with van der Waals surface area (Å²) in [6.07, 6.45) is 4.09. The topological polar surface area (TPSA) is 74.5 Å². The molecule has 1 aromatic heterocycles. The lowest BCUT2D eigenvalue weighted by Crippen LogP contribution is -2.42. The number of halogens is 1. The Morgan fingerprint density at radius 3 is 2.35 bits per heavy atom. The number of likely N-dealkylation sites (N-methyl/N-ethyl adjacent to an activating group) is 1. The van der Waals surface area contributed by atoms with Crippen LogP contribution in [0.1, 0.15) is 49.7 Å². The molecule has 1 fully saturated rings. The van der Waals surface area contributed by atoms with Crippen LogP contribution in [0.2, 0.25) is 5.02 Å². The summed E-state index contributed by atoms with van der Waals surface area (Å²) in [6, 6.07) is 24.4. The molecule has 1 N–H and O–H groups in total. The van der Waals surface area contributed by atoms with Gasteiger partial charge in [0.15, 0.2) is 5.11 Å². The zero-order valence-electron chi connectivity index (χ0n) is 24.1. The van der Waals surface area contributed by atoms with Crippen LogP contribution in [0, 0.1) is 10.1 Å². The standard InChI is InChI=1S/C33H30ClN5O2S2/c1-20-19-33(2,3)37(4)29-18-27(34)26(17-25(20)29)31-30(28-7-5-6-16-35-28)36-32(42)38(31)21-8-12-23(13-9-21)43-24-14-10-22(11-15-24)39(40)41/h5-19,30-31H,1-4H3,(H,36,42)/t30-,31+/m0/s1. The van der Waals surface area contributed by atoms with Gasteiger partial charge in [-0.2, -0.15) is 0 Å². The number of nitro benzene ring substituents is 1. The van der Waals surface area contributed by atoms with Gasteiger partial charge in [-0.3, -0.25) is 15.1 Å². The van der Waals surface area contributed by atoms with Crippen molar-refractivity contribution in [3.05, 3.63) is 123 Å². The van der Waals surface area contributed by atoms with E-state index >= 15 is 0 Å². The molecular formula is C33H30ClN5O2S2. The van der Waals surface area contributed by atoms with Crippen molar-refractivity contribution in [3.63, 3.8) is 0 Å². The second kappa shape index (κ2) is 11.3. The maximum Gasteiger partial charge on any atom is 0.269 e. The highest BCUT2D eigenvalue weighted by atomic mass is 35.5. The fourth-order valence-corrected chi connectivity index (χ4v) is 7.24. The monoisotopic (exact) mass is 627 g/mol. The van der Waals surface area contributed by atoms with Gasteiger partial charge in [-0.15, -0.1) is 0 Å². The van der Waals surface area contributed by atoms with E-state index in [2.05, 4.69) is 66.1 Å². The second-order valence-corrected chi connectivity index (χ2v) is 13.2. The highest BCUT2D eigenvalue weighted by Gasteiger charge is 2.42. The molecule has 2 atom stereocenters. The summed E-state index contributed by atoms with van der Waals surface area (Å²) in [5.74, 6) is 0. The number of non-ortho nitro benzene ring substituents is 1. The Morgan fingerprint density at radius 1 is 1.05 bits per heavy atom. The number of nitro groups is 1. The number of hydrogen-bond acceptors (Lipinski definition) is 6. The zero-order chi connectivity index (χ0) is 30.5. The Bertz CT molecular complexity index is 1740. The van der Waals surface area contributed by atoms with Gasteiger partial charge in [0.25, 0.3) is 5.69 Å². The molecule has 3 aromatic carbocycles. The van der Waals surface area contributed by atoms with Gasteiger partial charge in [-0.1, -0.05) is 35.5 Å². The fraction of sp³-hybridized carbons (Fsp3) is 0.212. The third-order valence-corrected chi connectivity index (χ3v) is 9.81. The molecule has 0 aliphatic carbocycles. The Kier molecular flexibility index (Phi) is 7.66. The van der Waals surface area contributed by atoms with Gasteiger partial charge in [0, 0.05) is 57.1 Å². The number of hydrogen-bond donors (Lipinski definition) is 1. The first-order valence-electron chi connectivity index (χ1n) is 13.8. The van der Waals surface area contributed by atoms with Crippen molar-refractivity contribution in [3.8, 4) is 0 Å². The number of rotatable bonds is 6. The fourth-order valence-electron chi connectivity index (χ4n) is 5.81. The molecule has 218 valence electrons. The lowest BCUT2D eigenvalue weighted by atomic mass is 9.86. The molecule has 0 amide bonds. The number of nitrogens with zero attached hydrogens (tertiary/aromatic N) is 4. The molecule has 2 aliphatic rings. The Labute approximate surface area is 265 Å². The minimum absolute atomic E-state index is 0.0742. The van der Waals surface area contributed by atoms with Crippen molar-refractivity contribution in [2.45, 2.75) is 48.2 Å². The molecule has 1 saturated heterocycles. The summed E-state index contributed by atoms with van der Waals surface area (Å²) in [6.45, 7) is 6.55. The highest BCUT2D eigenvalue weighted by molar-refractivity contribution is 7.99. The lowest BCUT2D eigenvalue weighted by molar-refractivity contribution is -0.384. The highest BCUT2D eigenvalue weighted by Crippen LogP contribution is 2.48. The maximum absolute atomic E-state index is 11.0. The largest absolute Gasteiger partial charge is 0.365 e. The first-order chi connectivity index (χ1) is 20.5. The Balaban J connectivity index is 1.39. The van der Waals surface area contributed by atoms with Crippen LogP contribution in [0.25, 0.3) is 5.57 Å². The molecule has 4 aromatic rings. The van der Waals surface area contributed by atoms with E-state index in [-0.39, 0.29) is 23.3 Å². The van der Waals surface area contributed by atoms with Crippen molar-refractivity contribution >= 4 is 63.3 Å². The van der Waals surface area contributed by atoms with Crippen LogP contribution in [0.15, 0.2) is 101 Å². The SMILES string of the molecule is CC1=CC(C)(C)N(C)c2cc(Cl)c([C@@H]3[C@H](c4ccccn4)NC(=S)N3c3ccc(Sc4ccc([N+](=O)[O-])cc4)cc3)cc21. The molecule has 0 radical (unpaired) electrons. The van der Waals surface area contributed by atoms with Gasteiger partial charge in [0.1, 0.15) is 0 Å². The minimum atomic E-state index is -0.393. The number of fused-ring (bicyclic) bond motifs is 1. The van der Waals surface area contributed by atoms with E-state index in [4.69, 9.17) is 23.8 Å². The smallest absolute Gasteiger partial charge is 0.269 e. The number of pyridine rings is 1. The van der Waals surface area contributed by atoms with Crippen LogP contribution in [0.5, 0.6) is 0 Å². The van der Waals surface area contributed by atoms with Crippen LogP contribution in [-0.2, 0) is 0 Å². The summed E-state index contributed by atoms with van der Waals surface area (Å²) < 4.78 is 0. The zero-order valence-corrected chi connectivity index (χ0v) is 26.5. The first-order valence-corrected chi connectivity index (χ1v) is 15.4. The average Bonchev–Trinajstić information content (AvgIpc) is 3.33. The Morgan fingerprint density at radius 2 is 1.72 bits per heavy atom. The summed E-state index contributed by atoms with van der Waals surface area (Å²) in [5.41, 5.74) is 6.16. The van der Waals surface area contributed by atoms with E-state index in [0.717, 1.165) is 38.0 Å². The van der Waals surface area contributed by atoms with Crippen molar-refractivity contribution in [2.24, 2.45) is 0 Å². The third-order valence-electron chi connectivity index (χ3n) is 8.15. The van der Waals surface area contributed by atoms with Crippen LogP contribution in [0.3, 0.4) is 0 Å². The minimum Gasteiger partial charge on any atom is -0.365 e. The van der Waals surface area contributed by atoms with Crippen LogP contribution < -0.4 is 15.1 Å². The van der Waals surface area contributed by atoms with E-state index in [9.17, 15) is 10.1 Å². The Hall–Kier alpha value is -3.92. The molecule has 43 heavy (non-hydrogen) atoms. The number of benzene rings is 3. The molecule has 10 heteroatoms. The maximum atomic E-state index is 11.0. The van der Waals surface area contributed by atoms with Crippen molar-refractivity contribution in [2.75, 3.05) is 16.8 Å². The predicted molar refractivity (Wildman–Crippen MR) is 179 cm³/mol. The summed E-state index contributed by atoms with van der Waals surface area (Å²) in [4.78, 5) is 21.6. The van der Waals surface area contributed by atoms with E-state index in [1.165, 1.54) is 17.7 Å². The number of allylic oxidation sites excluding steroid dienone is 1. The van der Waals surface area contributed by atoms with Crippen molar-refractivity contribution in [1.82, 2.24) is 10.3 Å². The summed E-state index contributed by atoms with van der Waals surface area (Å²) in [7, 11) is 2.10. The third kappa shape index (κ3) is 5.48. The van der Waals surface area contributed by atoms with Crippen LogP contribution >= 0.6 is 35.6 Å². The normalized spacial score (nSPS) is 19.1. The van der Waals surface area contributed by atoms with E-state index in [0.29, 0.717) is 10.1 Å². The number of nitrogens with one attached hydrogen (secondary N) is 1. The van der Waals surface area contributed by atoms with Crippen molar-refractivity contribution < 1.29 is 4.92 Å². The number of anilines is 2. The summed E-state index contributed by atoms with van der Waals surface area (Å²) in [5, 5.41) is 15.8. The molecule has 3 heterocycles. The van der Waals surface area contributed by atoms with E-state index in [1.54, 1.807) is 30.1 Å². The first kappa shape index (κ1) is 29.2. The van der Waals surface area contributed by atoms with Crippen molar-refractivity contribution in [1.29, 1.82) is 0 Å². The lowest BCUT2D eigenvalue weighted by Gasteiger charge is -2.41. The van der Waals surface area contributed by atoms with Gasteiger partial charge in [0.2, 0.25) is 0 Å². The molecule has 0 unspecified atom stereocenters. The number of thiocarbonyl (C=S) groups is 1. The van der Waals surface area contributed by atoms with E-state index < -0.39 is 4.92 Å². The van der Waals surface area contributed by atoms with Gasteiger partial charge in [0.05, 0.1) is 28.2 Å². The molecule has 6 rings (SSSR count). The quantitative estimate of drug-likeness (QED) is 0.129.